The van der Waals surface area contributed by atoms with Crippen molar-refractivity contribution >= 4 is 11.8 Å². The number of rotatable bonds is 4. The molecule has 1 aromatic rings. The van der Waals surface area contributed by atoms with E-state index in [0.717, 1.165) is 31.6 Å². The molecule has 0 bridgehead atoms. The lowest BCUT2D eigenvalue weighted by Crippen LogP contribution is -2.36. The van der Waals surface area contributed by atoms with Gasteiger partial charge in [-0.05, 0) is 51.3 Å². The molecule has 2 rings (SSSR count). The maximum absolute atomic E-state index is 12.4. The van der Waals surface area contributed by atoms with Gasteiger partial charge in [0.25, 0.3) is 0 Å². The lowest BCUT2D eigenvalue weighted by atomic mass is 10.1. The fraction of sp³-hybridized carbons (Fsp3) is 0.588. The van der Waals surface area contributed by atoms with Crippen LogP contribution in [0, 0.1) is 0 Å². The minimum Gasteiger partial charge on any atom is -0.443 e. The third kappa shape index (κ3) is 3.97. The number of hydrogen-bond donors (Lipinski definition) is 1. The van der Waals surface area contributed by atoms with Gasteiger partial charge in [-0.15, -0.1) is 0 Å². The Morgan fingerprint density at radius 1 is 1.38 bits per heavy atom. The monoisotopic (exact) mass is 290 g/mol. The molecule has 1 aliphatic rings. The number of para-hydroxylation sites is 1. The second kappa shape index (κ2) is 6.48. The van der Waals surface area contributed by atoms with Crippen LogP contribution >= 0.6 is 0 Å². The fourth-order valence-corrected chi connectivity index (χ4v) is 2.58. The van der Waals surface area contributed by atoms with Gasteiger partial charge in [0.1, 0.15) is 5.60 Å². The Balaban J connectivity index is 2.19. The van der Waals surface area contributed by atoms with Crippen LogP contribution < -0.4 is 10.2 Å². The summed E-state index contributed by atoms with van der Waals surface area (Å²) >= 11 is 0. The first-order chi connectivity index (χ1) is 9.92. The molecule has 1 aromatic carbocycles. The van der Waals surface area contributed by atoms with E-state index in [1.165, 1.54) is 11.1 Å². The van der Waals surface area contributed by atoms with Crippen molar-refractivity contribution in [2.75, 3.05) is 18.0 Å². The van der Waals surface area contributed by atoms with Crippen molar-refractivity contribution in [2.45, 2.75) is 52.7 Å². The molecule has 0 atom stereocenters. The van der Waals surface area contributed by atoms with Gasteiger partial charge >= 0.3 is 6.09 Å². The quantitative estimate of drug-likeness (QED) is 0.863. The average molecular weight is 290 g/mol. The number of amides is 1. The minimum absolute atomic E-state index is 0.246. The van der Waals surface area contributed by atoms with E-state index in [1.807, 2.05) is 20.8 Å². The first kappa shape index (κ1) is 15.8. The Hall–Kier alpha value is -1.55. The number of hydrogen-bond acceptors (Lipinski definition) is 3. The molecule has 0 spiro atoms. The van der Waals surface area contributed by atoms with Crippen LogP contribution in [0.15, 0.2) is 18.2 Å². The second-order valence-corrected chi connectivity index (χ2v) is 6.48. The van der Waals surface area contributed by atoms with E-state index >= 15 is 0 Å². The largest absolute Gasteiger partial charge is 0.443 e. The van der Waals surface area contributed by atoms with Gasteiger partial charge < -0.3 is 10.1 Å². The van der Waals surface area contributed by atoms with Crippen molar-refractivity contribution in [1.29, 1.82) is 0 Å². The number of fused-ring (bicyclic) bond motifs is 1. The maximum Gasteiger partial charge on any atom is 0.414 e. The molecular formula is C17H26N2O2. The van der Waals surface area contributed by atoms with Crippen LogP contribution in [0.25, 0.3) is 0 Å². The standard InChI is InChI=1S/C17H26N2O2/c1-5-10-18-12-14-8-6-7-13-9-11-19(15(13)14)16(20)21-17(2,3)4/h6-8,18H,5,9-12H2,1-4H3. The van der Waals surface area contributed by atoms with Crippen LogP contribution in [0.4, 0.5) is 10.5 Å². The number of carbonyl (C=O) groups excluding carboxylic acids is 1. The van der Waals surface area contributed by atoms with Gasteiger partial charge in [-0.2, -0.15) is 0 Å². The molecule has 4 heteroatoms. The minimum atomic E-state index is -0.463. The predicted molar refractivity (Wildman–Crippen MR) is 85.7 cm³/mol. The van der Waals surface area contributed by atoms with Crippen LogP contribution in [0.5, 0.6) is 0 Å². The highest BCUT2D eigenvalue weighted by molar-refractivity contribution is 5.91. The van der Waals surface area contributed by atoms with Crippen LogP contribution in [0.2, 0.25) is 0 Å². The van der Waals surface area contributed by atoms with E-state index in [-0.39, 0.29) is 6.09 Å². The van der Waals surface area contributed by atoms with E-state index < -0.39 is 5.60 Å². The van der Waals surface area contributed by atoms with Crippen molar-refractivity contribution in [3.8, 4) is 0 Å². The van der Waals surface area contributed by atoms with Gasteiger partial charge in [0, 0.05) is 13.1 Å². The third-order valence-corrected chi connectivity index (χ3v) is 3.43. The molecule has 1 heterocycles. The summed E-state index contributed by atoms with van der Waals surface area (Å²) in [6.45, 7) is 10.3. The third-order valence-electron chi connectivity index (χ3n) is 3.43. The molecule has 0 aromatic heterocycles. The van der Waals surface area contributed by atoms with Crippen molar-refractivity contribution in [3.63, 3.8) is 0 Å². The summed E-state index contributed by atoms with van der Waals surface area (Å²) in [5, 5.41) is 3.41. The smallest absolute Gasteiger partial charge is 0.414 e. The number of ether oxygens (including phenoxy) is 1. The normalized spacial score (nSPS) is 14.2. The van der Waals surface area contributed by atoms with Crippen LogP contribution in [-0.4, -0.2) is 24.8 Å². The summed E-state index contributed by atoms with van der Waals surface area (Å²) in [6.07, 6.45) is 1.75. The number of nitrogens with one attached hydrogen (secondary N) is 1. The van der Waals surface area contributed by atoms with Crippen molar-refractivity contribution in [3.05, 3.63) is 29.3 Å². The Morgan fingerprint density at radius 3 is 2.81 bits per heavy atom. The van der Waals surface area contributed by atoms with Crippen LogP contribution in [0.3, 0.4) is 0 Å². The van der Waals surface area contributed by atoms with Gasteiger partial charge in [0.15, 0.2) is 0 Å². The summed E-state index contributed by atoms with van der Waals surface area (Å²) in [5.74, 6) is 0. The molecule has 1 N–H and O–H groups in total. The topological polar surface area (TPSA) is 41.6 Å². The Labute approximate surface area is 127 Å². The highest BCUT2D eigenvalue weighted by atomic mass is 16.6. The number of carbonyl (C=O) groups is 1. The first-order valence-electron chi connectivity index (χ1n) is 7.74. The lowest BCUT2D eigenvalue weighted by Gasteiger charge is -2.26. The molecule has 0 saturated carbocycles. The Morgan fingerprint density at radius 2 is 2.14 bits per heavy atom. The lowest BCUT2D eigenvalue weighted by molar-refractivity contribution is 0.0583. The number of benzene rings is 1. The molecule has 1 amide bonds. The first-order valence-corrected chi connectivity index (χ1v) is 7.74. The summed E-state index contributed by atoms with van der Waals surface area (Å²) in [5.41, 5.74) is 2.98. The molecular weight excluding hydrogens is 264 g/mol. The maximum atomic E-state index is 12.4. The molecule has 0 aliphatic carbocycles. The molecule has 1 aliphatic heterocycles. The summed E-state index contributed by atoms with van der Waals surface area (Å²) < 4.78 is 5.53. The molecule has 0 unspecified atom stereocenters. The van der Waals surface area contributed by atoms with Gasteiger partial charge in [0.2, 0.25) is 0 Å². The zero-order chi connectivity index (χ0) is 15.5. The highest BCUT2D eigenvalue weighted by Gasteiger charge is 2.30. The second-order valence-electron chi connectivity index (χ2n) is 6.48. The molecule has 0 fully saturated rings. The number of anilines is 1. The van der Waals surface area contributed by atoms with Gasteiger partial charge in [-0.1, -0.05) is 25.1 Å². The van der Waals surface area contributed by atoms with Crippen LogP contribution in [-0.2, 0) is 17.7 Å². The molecule has 4 nitrogen and oxygen atoms in total. The summed E-state index contributed by atoms with van der Waals surface area (Å²) in [6, 6.07) is 6.26. The fourth-order valence-electron chi connectivity index (χ4n) is 2.58. The van der Waals surface area contributed by atoms with Gasteiger partial charge in [0.05, 0.1) is 5.69 Å². The van der Waals surface area contributed by atoms with E-state index in [0.29, 0.717) is 6.54 Å². The summed E-state index contributed by atoms with van der Waals surface area (Å²) in [7, 11) is 0. The van der Waals surface area contributed by atoms with Crippen LogP contribution in [0.1, 0.15) is 45.2 Å². The zero-order valence-corrected chi connectivity index (χ0v) is 13.5. The average Bonchev–Trinajstić information content (AvgIpc) is 2.82. The number of nitrogens with zero attached hydrogens (tertiary/aromatic N) is 1. The molecule has 21 heavy (non-hydrogen) atoms. The zero-order valence-electron chi connectivity index (χ0n) is 13.5. The predicted octanol–water partition coefficient (Wildman–Crippen LogP) is 3.48. The molecule has 0 saturated heterocycles. The van der Waals surface area contributed by atoms with Crippen molar-refractivity contribution in [2.24, 2.45) is 0 Å². The van der Waals surface area contributed by atoms with E-state index in [4.69, 9.17) is 4.74 Å². The van der Waals surface area contributed by atoms with E-state index in [1.54, 1.807) is 4.90 Å². The summed E-state index contributed by atoms with van der Waals surface area (Å²) in [4.78, 5) is 14.2. The SMILES string of the molecule is CCCNCc1cccc2c1N(C(=O)OC(C)(C)C)CC2. The Bertz CT molecular complexity index is 506. The van der Waals surface area contributed by atoms with Crippen molar-refractivity contribution in [1.82, 2.24) is 5.32 Å². The molecule has 0 radical (unpaired) electrons. The van der Waals surface area contributed by atoms with Crippen molar-refractivity contribution < 1.29 is 9.53 Å². The molecule has 116 valence electrons. The van der Waals surface area contributed by atoms with E-state index in [2.05, 4.69) is 30.4 Å². The van der Waals surface area contributed by atoms with Gasteiger partial charge in [-0.25, -0.2) is 4.79 Å². The van der Waals surface area contributed by atoms with Gasteiger partial charge in [-0.3, -0.25) is 4.90 Å². The highest BCUT2D eigenvalue weighted by Crippen LogP contribution is 2.33. The van der Waals surface area contributed by atoms with E-state index in [9.17, 15) is 4.79 Å². The Kier molecular flexibility index (Phi) is 4.88.